The first-order valence-electron chi connectivity index (χ1n) is 4.03. The predicted molar refractivity (Wildman–Crippen MR) is 48.0 cm³/mol. The zero-order valence-electron chi connectivity index (χ0n) is 7.88. The molecule has 0 aromatic heterocycles. The number of benzene rings is 1. The molecule has 0 aliphatic rings. The number of ether oxygens (including phenoxy) is 1. The van der Waals surface area contributed by atoms with Crippen molar-refractivity contribution in [1.29, 1.82) is 0 Å². The van der Waals surface area contributed by atoms with Crippen LogP contribution in [0.3, 0.4) is 0 Å². The molecule has 0 aliphatic carbocycles. The fourth-order valence-corrected chi connectivity index (χ4v) is 1.11. The number of halogens is 2. The number of alkyl halides is 2. The predicted octanol–water partition coefficient (Wildman–Crippen LogP) is 2.84. The highest BCUT2D eigenvalue weighted by Crippen LogP contribution is 2.29. The summed E-state index contributed by atoms with van der Waals surface area (Å²) >= 11 is 0. The Morgan fingerprint density at radius 2 is 2.07 bits per heavy atom. The van der Waals surface area contributed by atoms with Gasteiger partial charge in [-0.1, -0.05) is 6.07 Å². The molecule has 0 bridgehead atoms. The van der Waals surface area contributed by atoms with E-state index in [1.165, 1.54) is 32.2 Å². The molecule has 4 heteroatoms. The molecule has 0 heterocycles. The maximum Gasteiger partial charge on any atom is 0.267 e. The molecule has 0 saturated carbocycles. The number of carbonyl (C=O) groups is 1. The van der Waals surface area contributed by atoms with Crippen LogP contribution < -0.4 is 4.74 Å². The number of hydrogen-bond acceptors (Lipinski definition) is 2. The molecule has 0 saturated heterocycles. The highest BCUT2D eigenvalue weighted by atomic mass is 19.3. The lowest BCUT2D eigenvalue weighted by molar-refractivity contribution is 0.101. The molecular formula is C10H10F2O2. The molecule has 2 nitrogen and oxygen atoms in total. The van der Waals surface area contributed by atoms with E-state index < -0.39 is 6.43 Å². The Kier molecular flexibility index (Phi) is 3.17. The third-order valence-electron chi connectivity index (χ3n) is 1.88. The Hall–Kier alpha value is -1.45. The van der Waals surface area contributed by atoms with Gasteiger partial charge in [-0.15, -0.1) is 0 Å². The van der Waals surface area contributed by atoms with Crippen molar-refractivity contribution in [1.82, 2.24) is 0 Å². The Morgan fingerprint density at radius 3 is 2.50 bits per heavy atom. The van der Waals surface area contributed by atoms with Gasteiger partial charge in [-0.3, -0.25) is 4.79 Å². The van der Waals surface area contributed by atoms with E-state index in [0.29, 0.717) is 5.56 Å². The van der Waals surface area contributed by atoms with Crippen LogP contribution in [0.5, 0.6) is 5.75 Å². The molecule has 0 amide bonds. The SMILES string of the molecule is COc1cc(C(C)=O)ccc1C(F)F. The fourth-order valence-electron chi connectivity index (χ4n) is 1.11. The van der Waals surface area contributed by atoms with Crippen molar-refractivity contribution >= 4 is 5.78 Å². The van der Waals surface area contributed by atoms with E-state index in [1.807, 2.05) is 0 Å². The molecule has 14 heavy (non-hydrogen) atoms. The molecule has 0 atom stereocenters. The van der Waals surface area contributed by atoms with Gasteiger partial charge in [0.05, 0.1) is 12.7 Å². The Morgan fingerprint density at radius 1 is 1.43 bits per heavy atom. The molecule has 76 valence electrons. The van der Waals surface area contributed by atoms with Gasteiger partial charge >= 0.3 is 0 Å². The van der Waals surface area contributed by atoms with Crippen LogP contribution in [-0.2, 0) is 0 Å². The minimum Gasteiger partial charge on any atom is -0.496 e. The molecule has 0 aliphatic heterocycles. The summed E-state index contributed by atoms with van der Waals surface area (Å²) in [5, 5.41) is 0. The summed E-state index contributed by atoms with van der Waals surface area (Å²) in [4.78, 5) is 11.0. The monoisotopic (exact) mass is 200 g/mol. The number of methoxy groups -OCH3 is 1. The van der Waals surface area contributed by atoms with Crippen LogP contribution in [-0.4, -0.2) is 12.9 Å². The maximum atomic E-state index is 12.4. The number of ketones is 1. The highest BCUT2D eigenvalue weighted by Gasteiger charge is 2.14. The lowest BCUT2D eigenvalue weighted by Gasteiger charge is -2.08. The normalized spacial score (nSPS) is 10.4. The molecular weight excluding hydrogens is 190 g/mol. The standard InChI is InChI=1S/C10H10F2O2/c1-6(13)7-3-4-8(10(11)12)9(5-7)14-2/h3-5,10H,1-2H3. The van der Waals surface area contributed by atoms with Crippen LogP contribution in [0.15, 0.2) is 18.2 Å². The van der Waals surface area contributed by atoms with E-state index in [0.717, 1.165) is 0 Å². The van der Waals surface area contributed by atoms with Crippen LogP contribution in [0.25, 0.3) is 0 Å². The van der Waals surface area contributed by atoms with Crippen LogP contribution in [0.2, 0.25) is 0 Å². The van der Waals surface area contributed by atoms with E-state index in [4.69, 9.17) is 4.74 Å². The summed E-state index contributed by atoms with van der Waals surface area (Å²) in [6.45, 7) is 1.37. The van der Waals surface area contributed by atoms with Crippen molar-refractivity contribution in [3.05, 3.63) is 29.3 Å². The van der Waals surface area contributed by atoms with Crippen LogP contribution in [0, 0.1) is 0 Å². The summed E-state index contributed by atoms with van der Waals surface area (Å²) in [6.07, 6.45) is -2.59. The smallest absolute Gasteiger partial charge is 0.267 e. The van der Waals surface area contributed by atoms with E-state index in [-0.39, 0.29) is 17.1 Å². The van der Waals surface area contributed by atoms with Gasteiger partial charge in [0.15, 0.2) is 5.78 Å². The lowest BCUT2D eigenvalue weighted by atomic mass is 10.1. The van der Waals surface area contributed by atoms with Gasteiger partial charge in [0.1, 0.15) is 5.75 Å². The number of hydrogen-bond donors (Lipinski definition) is 0. The minimum absolute atomic E-state index is 0.0488. The number of Topliss-reactive ketones (excluding diaryl/α,β-unsaturated/α-hetero) is 1. The summed E-state index contributed by atoms with van der Waals surface area (Å²) in [5.41, 5.74) is 0.170. The average molecular weight is 200 g/mol. The Labute approximate surface area is 80.5 Å². The summed E-state index contributed by atoms with van der Waals surface area (Å²) in [6, 6.07) is 3.90. The van der Waals surface area contributed by atoms with Crippen molar-refractivity contribution in [3.8, 4) is 5.75 Å². The molecule has 0 radical (unpaired) electrons. The summed E-state index contributed by atoms with van der Waals surface area (Å²) in [5.74, 6) is -0.128. The van der Waals surface area contributed by atoms with Crippen molar-refractivity contribution < 1.29 is 18.3 Å². The van der Waals surface area contributed by atoms with E-state index in [2.05, 4.69) is 0 Å². The third kappa shape index (κ3) is 2.07. The second-order valence-corrected chi connectivity index (χ2v) is 2.81. The van der Waals surface area contributed by atoms with Gasteiger partial charge in [-0.05, 0) is 19.1 Å². The maximum absolute atomic E-state index is 12.4. The van der Waals surface area contributed by atoms with Crippen molar-refractivity contribution in [2.75, 3.05) is 7.11 Å². The lowest BCUT2D eigenvalue weighted by Crippen LogP contribution is -1.97. The molecule has 1 aromatic carbocycles. The van der Waals surface area contributed by atoms with Gasteiger partial charge in [0.25, 0.3) is 6.43 Å². The second-order valence-electron chi connectivity index (χ2n) is 2.81. The summed E-state index contributed by atoms with van der Waals surface area (Å²) < 4.78 is 29.5. The highest BCUT2D eigenvalue weighted by molar-refractivity contribution is 5.94. The zero-order valence-corrected chi connectivity index (χ0v) is 7.88. The first-order chi connectivity index (χ1) is 6.56. The number of rotatable bonds is 3. The van der Waals surface area contributed by atoms with Gasteiger partial charge in [0.2, 0.25) is 0 Å². The fraction of sp³-hybridized carbons (Fsp3) is 0.300. The van der Waals surface area contributed by atoms with Gasteiger partial charge in [-0.2, -0.15) is 0 Å². The Bertz CT molecular complexity index is 348. The largest absolute Gasteiger partial charge is 0.496 e. The van der Waals surface area contributed by atoms with Crippen LogP contribution in [0.4, 0.5) is 8.78 Å². The molecule has 1 aromatic rings. The van der Waals surface area contributed by atoms with Crippen molar-refractivity contribution in [2.24, 2.45) is 0 Å². The third-order valence-corrected chi connectivity index (χ3v) is 1.88. The first-order valence-corrected chi connectivity index (χ1v) is 4.03. The molecule has 0 N–H and O–H groups in total. The van der Waals surface area contributed by atoms with Crippen molar-refractivity contribution in [2.45, 2.75) is 13.3 Å². The molecule has 1 rings (SSSR count). The van der Waals surface area contributed by atoms with Gasteiger partial charge in [-0.25, -0.2) is 8.78 Å². The van der Waals surface area contributed by atoms with E-state index in [9.17, 15) is 13.6 Å². The van der Waals surface area contributed by atoms with Gasteiger partial charge < -0.3 is 4.74 Å². The first kappa shape index (κ1) is 10.6. The number of carbonyl (C=O) groups excluding carboxylic acids is 1. The van der Waals surface area contributed by atoms with Crippen LogP contribution >= 0.6 is 0 Å². The average Bonchev–Trinajstić information content (AvgIpc) is 2.16. The minimum atomic E-state index is -2.59. The quantitative estimate of drug-likeness (QED) is 0.701. The molecule has 0 fully saturated rings. The molecule has 0 spiro atoms. The van der Waals surface area contributed by atoms with E-state index >= 15 is 0 Å². The summed E-state index contributed by atoms with van der Waals surface area (Å²) in [7, 11) is 1.30. The zero-order chi connectivity index (χ0) is 10.7. The van der Waals surface area contributed by atoms with Gasteiger partial charge in [0, 0.05) is 5.56 Å². The Balaban J connectivity index is 3.18. The topological polar surface area (TPSA) is 26.3 Å². The van der Waals surface area contributed by atoms with Crippen LogP contribution in [0.1, 0.15) is 29.3 Å². The van der Waals surface area contributed by atoms with Crippen molar-refractivity contribution in [3.63, 3.8) is 0 Å². The van der Waals surface area contributed by atoms with E-state index in [1.54, 1.807) is 0 Å². The molecule has 0 unspecified atom stereocenters. The second kappa shape index (κ2) is 4.17.